The molecule has 0 aliphatic heterocycles. The van der Waals surface area contributed by atoms with Crippen LogP contribution in [-0.4, -0.2) is 4.59 Å². The molecule has 0 rings (SSSR count). The van der Waals surface area contributed by atoms with Gasteiger partial charge in [0.05, 0.1) is 0 Å². The largest absolute Gasteiger partial charge is 0.257 e. The fraction of sp³-hybridized carbons (Fsp3) is 1.00. The molecule has 3 heteroatoms. The van der Waals surface area contributed by atoms with Crippen molar-refractivity contribution in [1.29, 1.82) is 0 Å². The molecule has 0 amide bonds. The first-order valence-corrected chi connectivity index (χ1v) is 3.53. The molecule has 0 saturated carbocycles. The Morgan fingerprint density at radius 2 is 1.56 bits per heavy atom. The summed E-state index contributed by atoms with van der Waals surface area (Å²) in [5, 5.41) is 0. The summed E-state index contributed by atoms with van der Waals surface area (Å²) < 4.78 is 10.3. The molecule has 0 nitrogen and oxygen atoms in total. The van der Waals surface area contributed by atoms with Crippen molar-refractivity contribution in [2.24, 2.45) is 5.41 Å². The first-order chi connectivity index (χ1) is 3.71. The van der Waals surface area contributed by atoms with Crippen molar-refractivity contribution in [3.8, 4) is 0 Å². The smallest absolute Gasteiger partial charge is 0.208 e. The second-order valence-corrected chi connectivity index (χ2v) is 4.74. The minimum atomic E-state index is -2.07. The molecule has 0 aromatic carbocycles. The zero-order valence-corrected chi connectivity index (χ0v) is 7.35. The van der Waals surface area contributed by atoms with Crippen molar-refractivity contribution >= 4 is 23.2 Å². The summed E-state index contributed by atoms with van der Waals surface area (Å²) in [6.45, 7) is 5.64. The van der Waals surface area contributed by atoms with Crippen LogP contribution in [0, 0.1) is 5.41 Å². The van der Waals surface area contributed by atoms with Crippen LogP contribution in [0.2, 0.25) is 0 Å². The van der Waals surface area contributed by atoms with E-state index >= 15 is 0 Å². The van der Waals surface area contributed by atoms with Crippen LogP contribution in [-0.2, 0) is 0 Å². The Labute approximate surface area is 65.3 Å². The fourth-order valence-electron chi connectivity index (χ4n) is 0.601. The van der Waals surface area contributed by atoms with Gasteiger partial charge in [-0.05, 0) is 5.41 Å². The van der Waals surface area contributed by atoms with Crippen LogP contribution in [0.4, 0.5) is 4.39 Å². The highest BCUT2D eigenvalue weighted by Crippen LogP contribution is 2.36. The average molecular weight is 173 g/mol. The average Bonchev–Trinajstić information content (AvgIpc) is 1.14. The van der Waals surface area contributed by atoms with E-state index in [0.29, 0.717) is 0 Å². The van der Waals surface area contributed by atoms with Crippen LogP contribution in [0.3, 0.4) is 0 Å². The van der Waals surface area contributed by atoms with Gasteiger partial charge in [-0.25, -0.2) is 4.39 Å². The van der Waals surface area contributed by atoms with Gasteiger partial charge in [0.2, 0.25) is 0 Å². The molecule has 0 radical (unpaired) electrons. The number of hydrogen-bond donors (Lipinski definition) is 0. The number of halogens is 3. The van der Waals surface area contributed by atoms with E-state index in [0.717, 1.165) is 0 Å². The molecule has 9 heavy (non-hydrogen) atoms. The fourth-order valence-corrected chi connectivity index (χ4v) is 1.40. The summed E-state index contributed by atoms with van der Waals surface area (Å²) in [5.74, 6) is 0. The minimum absolute atomic E-state index is 0.155. The van der Waals surface area contributed by atoms with E-state index in [9.17, 15) is 4.39 Å². The molecule has 0 atom stereocenters. The Balaban J connectivity index is 3.75. The molecule has 0 bridgehead atoms. The lowest BCUT2D eigenvalue weighted by Crippen LogP contribution is -2.16. The molecule has 0 aromatic heterocycles. The van der Waals surface area contributed by atoms with Crippen LogP contribution in [0.1, 0.15) is 27.2 Å². The molecular formula is C6H11Cl2F. The maximum Gasteiger partial charge on any atom is 0.257 e. The molecule has 0 unspecified atom stereocenters. The second kappa shape index (κ2) is 2.63. The van der Waals surface area contributed by atoms with E-state index in [2.05, 4.69) is 0 Å². The summed E-state index contributed by atoms with van der Waals surface area (Å²) in [4.78, 5) is 0. The van der Waals surface area contributed by atoms with Crippen LogP contribution in [0.25, 0.3) is 0 Å². The Morgan fingerprint density at radius 3 is 1.56 bits per heavy atom. The number of rotatable bonds is 1. The molecule has 0 heterocycles. The quantitative estimate of drug-likeness (QED) is 0.532. The second-order valence-electron chi connectivity index (χ2n) is 3.35. The third-order valence-electron chi connectivity index (χ3n) is 0.731. The molecule has 0 spiro atoms. The maximum absolute atomic E-state index is 12.4. The lowest BCUT2D eigenvalue weighted by molar-refractivity contribution is 0.258. The first-order valence-electron chi connectivity index (χ1n) is 2.77. The van der Waals surface area contributed by atoms with Gasteiger partial charge in [-0.2, -0.15) is 0 Å². The van der Waals surface area contributed by atoms with E-state index in [1.54, 1.807) is 0 Å². The van der Waals surface area contributed by atoms with Gasteiger partial charge in [-0.3, -0.25) is 0 Å². The predicted octanol–water partition coefficient (Wildman–Crippen LogP) is 3.52. The predicted molar refractivity (Wildman–Crippen MR) is 39.6 cm³/mol. The molecule has 0 fully saturated rings. The Morgan fingerprint density at radius 1 is 1.22 bits per heavy atom. The van der Waals surface area contributed by atoms with Crippen LogP contribution >= 0.6 is 23.2 Å². The third kappa shape index (κ3) is 8.51. The normalized spacial score (nSPS) is 14.0. The van der Waals surface area contributed by atoms with Gasteiger partial charge in [0, 0.05) is 6.42 Å². The summed E-state index contributed by atoms with van der Waals surface area (Å²) in [6, 6.07) is 0. The lowest BCUT2D eigenvalue weighted by atomic mass is 9.93. The van der Waals surface area contributed by atoms with Gasteiger partial charge in [-0.1, -0.05) is 44.0 Å². The summed E-state index contributed by atoms with van der Waals surface area (Å²) in [5.41, 5.74) is -0.155. The summed E-state index contributed by atoms with van der Waals surface area (Å²) in [7, 11) is 0. The Kier molecular flexibility index (Phi) is 2.78. The molecule has 0 saturated heterocycles. The highest BCUT2D eigenvalue weighted by molar-refractivity contribution is 6.47. The van der Waals surface area contributed by atoms with Crippen molar-refractivity contribution in [3.05, 3.63) is 0 Å². The molecule has 0 aliphatic rings. The number of hydrogen-bond acceptors (Lipinski definition) is 0. The first kappa shape index (κ1) is 9.51. The van der Waals surface area contributed by atoms with Gasteiger partial charge in [0.25, 0.3) is 4.59 Å². The SMILES string of the molecule is CC(C)(C)CC(F)(Cl)Cl. The van der Waals surface area contributed by atoms with Crippen molar-refractivity contribution in [2.75, 3.05) is 0 Å². The molecule has 0 aromatic rings. The Hall–Kier alpha value is 0.510. The van der Waals surface area contributed by atoms with E-state index in [1.807, 2.05) is 20.8 Å². The van der Waals surface area contributed by atoms with Crippen molar-refractivity contribution < 1.29 is 4.39 Å². The molecular weight excluding hydrogens is 162 g/mol. The maximum atomic E-state index is 12.4. The third-order valence-corrected chi connectivity index (χ3v) is 0.998. The van der Waals surface area contributed by atoms with Gasteiger partial charge in [0.1, 0.15) is 0 Å². The zero-order chi connectivity index (χ0) is 7.71. The van der Waals surface area contributed by atoms with E-state index < -0.39 is 4.59 Å². The van der Waals surface area contributed by atoms with Gasteiger partial charge < -0.3 is 0 Å². The molecule has 0 aliphatic carbocycles. The minimum Gasteiger partial charge on any atom is -0.208 e. The van der Waals surface area contributed by atoms with Crippen molar-refractivity contribution in [3.63, 3.8) is 0 Å². The monoisotopic (exact) mass is 172 g/mol. The van der Waals surface area contributed by atoms with E-state index in [-0.39, 0.29) is 11.8 Å². The van der Waals surface area contributed by atoms with Gasteiger partial charge in [-0.15, -0.1) is 0 Å². The molecule has 56 valence electrons. The van der Waals surface area contributed by atoms with Crippen LogP contribution in [0.5, 0.6) is 0 Å². The van der Waals surface area contributed by atoms with Crippen molar-refractivity contribution in [1.82, 2.24) is 0 Å². The highest BCUT2D eigenvalue weighted by Gasteiger charge is 2.29. The van der Waals surface area contributed by atoms with E-state index in [1.165, 1.54) is 0 Å². The highest BCUT2D eigenvalue weighted by atomic mass is 35.5. The van der Waals surface area contributed by atoms with Crippen molar-refractivity contribution in [2.45, 2.75) is 31.8 Å². The number of alkyl halides is 3. The zero-order valence-electron chi connectivity index (χ0n) is 5.84. The van der Waals surface area contributed by atoms with Gasteiger partial charge in [0.15, 0.2) is 0 Å². The topological polar surface area (TPSA) is 0 Å². The lowest BCUT2D eigenvalue weighted by Gasteiger charge is -2.21. The van der Waals surface area contributed by atoms with Crippen LogP contribution in [0.15, 0.2) is 0 Å². The Bertz CT molecular complexity index is 76.2. The van der Waals surface area contributed by atoms with Gasteiger partial charge >= 0.3 is 0 Å². The van der Waals surface area contributed by atoms with Crippen LogP contribution < -0.4 is 0 Å². The summed E-state index contributed by atoms with van der Waals surface area (Å²) >= 11 is 10.2. The standard InChI is InChI=1S/C6H11Cl2F/c1-5(2,3)4-6(7,8)9/h4H2,1-3H3. The molecule has 0 N–H and O–H groups in total. The summed E-state index contributed by atoms with van der Waals surface area (Å²) in [6.07, 6.45) is 0.156. The van der Waals surface area contributed by atoms with E-state index in [4.69, 9.17) is 23.2 Å².